The number of nitrogens with one attached hydrogen (secondary N) is 1. The molecule has 0 aliphatic heterocycles. The monoisotopic (exact) mass is 421 g/mol. The topological polar surface area (TPSA) is 88.8 Å². The molecule has 4 aromatic rings. The second-order valence-corrected chi connectivity index (χ2v) is 9.93. The fourth-order valence-electron chi connectivity index (χ4n) is 4.12. The van der Waals surface area contributed by atoms with Crippen LogP contribution in [0.3, 0.4) is 0 Å². The van der Waals surface area contributed by atoms with Crippen LogP contribution >= 0.6 is 0 Å². The molecule has 5 nitrogen and oxygen atoms in total. The minimum absolute atomic E-state index is 0.0642. The Kier molecular flexibility index (Phi) is 5.38. The van der Waals surface area contributed by atoms with Crippen LogP contribution in [0.25, 0.3) is 21.7 Å². The van der Waals surface area contributed by atoms with Gasteiger partial charge in [-0.05, 0) is 60.4 Å². The number of hydrogen-bond donors (Lipinski definition) is 2. The number of aromatic nitrogens is 2. The fourth-order valence-corrected chi connectivity index (χ4v) is 5.70. The number of benzene rings is 3. The minimum atomic E-state index is -3.77. The third kappa shape index (κ3) is 3.40. The Morgan fingerprint density at radius 1 is 1.03 bits per heavy atom. The zero-order valence-electron chi connectivity index (χ0n) is 17.4. The molecular formula is C24H27N3O2S. The largest absolute Gasteiger partial charge is 0.330 e. The van der Waals surface area contributed by atoms with E-state index in [2.05, 4.69) is 30.1 Å². The third-order valence-corrected chi connectivity index (χ3v) is 8.02. The fraction of sp³-hybridized carbons (Fsp3) is 0.292. The SMILES string of the molecule is CCC(C)(CCCN)c1ccc2n[nH]c(S(=O)(=O)c3cccc4ccccc34)c2c1. The average molecular weight is 422 g/mol. The highest BCUT2D eigenvalue weighted by Crippen LogP contribution is 2.36. The van der Waals surface area contributed by atoms with Crippen molar-refractivity contribution in [2.75, 3.05) is 6.54 Å². The van der Waals surface area contributed by atoms with Crippen LogP contribution in [0.5, 0.6) is 0 Å². The summed E-state index contributed by atoms with van der Waals surface area (Å²) in [5.41, 5.74) is 7.44. The lowest BCUT2D eigenvalue weighted by atomic mass is 9.76. The maximum Gasteiger partial charge on any atom is 0.224 e. The molecule has 0 radical (unpaired) electrons. The number of aromatic amines is 1. The summed E-state index contributed by atoms with van der Waals surface area (Å²) in [7, 11) is -3.77. The van der Waals surface area contributed by atoms with E-state index in [0.717, 1.165) is 30.2 Å². The zero-order chi connectivity index (χ0) is 21.4. The van der Waals surface area contributed by atoms with Crippen molar-refractivity contribution in [3.8, 4) is 0 Å². The second-order valence-electron chi connectivity index (χ2n) is 8.07. The Hall–Kier alpha value is -2.70. The van der Waals surface area contributed by atoms with Gasteiger partial charge in [-0.15, -0.1) is 0 Å². The van der Waals surface area contributed by atoms with Crippen molar-refractivity contribution in [3.63, 3.8) is 0 Å². The number of fused-ring (bicyclic) bond motifs is 2. The first-order valence-electron chi connectivity index (χ1n) is 10.3. The lowest BCUT2D eigenvalue weighted by Crippen LogP contribution is -2.22. The summed E-state index contributed by atoms with van der Waals surface area (Å²) in [5, 5.41) is 9.46. The molecule has 1 heterocycles. The highest BCUT2D eigenvalue weighted by atomic mass is 32.2. The van der Waals surface area contributed by atoms with Crippen LogP contribution in [-0.2, 0) is 15.3 Å². The predicted molar refractivity (Wildman–Crippen MR) is 121 cm³/mol. The van der Waals surface area contributed by atoms with Crippen LogP contribution in [0.2, 0.25) is 0 Å². The van der Waals surface area contributed by atoms with Crippen molar-refractivity contribution in [2.24, 2.45) is 5.73 Å². The third-order valence-electron chi connectivity index (χ3n) is 6.24. The van der Waals surface area contributed by atoms with Crippen molar-refractivity contribution in [1.82, 2.24) is 10.2 Å². The smallest absolute Gasteiger partial charge is 0.224 e. The summed E-state index contributed by atoms with van der Waals surface area (Å²) < 4.78 is 27.3. The van der Waals surface area contributed by atoms with Gasteiger partial charge in [0, 0.05) is 10.8 Å². The number of rotatable bonds is 7. The first kappa shape index (κ1) is 20.6. The molecule has 1 aromatic heterocycles. The highest BCUT2D eigenvalue weighted by molar-refractivity contribution is 7.91. The molecular weight excluding hydrogens is 394 g/mol. The Morgan fingerprint density at radius 2 is 1.80 bits per heavy atom. The number of H-pyrrole nitrogens is 1. The van der Waals surface area contributed by atoms with Crippen LogP contribution in [0, 0.1) is 0 Å². The van der Waals surface area contributed by atoms with Gasteiger partial charge in [-0.3, -0.25) is 5.10 Å². The first-order valence-corrected chi connectivity index (χ1v) is 11.8. The van der Waals surface area contributed by atoms with E-state index in [9.17, 15) is 8.42 Å². The summed E-state index contributed by atoms with van der Waals surface area (Å²) >= 11 is 0. The van der Waals surface area contributed by atoms with E-state index in [1.54, 1.807) is 12.1 Å². The van der Waals surface area contributed by atoms with E-state index in [1.807, 2.05) is 42.5 Å². The molecule has 0 spiro atoms. The highest BCUT2D eigenvalue weighted by Gasteiger charge is 2.28. The van der Waals surface area contributed by atoms with Crippen LogP contribution in [0.1, 0.15) is 38.7 Å². The molecule has 6 heteroatoms. The van der Waals surface area contributed by atoms with Gasteiger partial charge in [0.25, 0.3) is 0 Å². The van der Waals surface area contributed by atoms with Crippen molar-refractivity contribution in [3.05, 3.63) is 66.2 Å². The molecule has 0 fully saturated rings. The molecule has 4 rings (SSSR count). The maximum atomic E-state index is 13.6. The predicted octanol–water partition coefficient (Wildman–Crippen LogP) is 4.96. The van der Waals surface area contributed by atoms with Gasteiger partial charge >= 0.3 is 0 Å². The van der Waals surface area contributed by atoms with Crippen LogP contribution in [0.4, 0.5) is 0 Å². The molecule has 0 aliphatic rings. The summed E-state index contributed by atoms with van der Waals surface area (Å²) in [4.78, 5) is 0.290. The lowest BCUT2D eigenvalue weighted by molar-refractivity contribution is 0.408. The average Bonchev–Trinajstić information content (AvgIpc) is 3.21. The van der Waals surface area contributed by atoms with Gasteiger partial charge in [0.15, 0.2) is 5.03 Å². The molecule has 0 amide bonds. The second kappa shape index (κ2) is 7.85. The Balaban J connectivity index is 1.89. The van der Waals surface area contributed by atoms with E-state index in [1.165, 1.54) is 0 Å². The molecule has 156 valence electrons. The molecule has 0 bridgehead atoms. The van der Waals surface area contributed by atoms with E-state index in [4.69, 9.17) is 5.73 Å². The van der Waals surface area contributed by atoms with Crippen molar-refractivity contribution >= 4 is 31.5 Å². The van der Waals surface area contributed by atoms with Gasteiger partial charge in [0.1, 0.15) is 0 Å². The molecule has 3 aromatic carbocycles. The maximum absolute atomic E-state index is 13.6. The van der Waals surface area contributed by atoms with Gasteiger partial charge < -0.3 is 5.73 Å². The van der Waals surface area contributed by atoms with Gasteiger partial charge in [-0.25, -0.2) is 8.42 Å². The van der Waals surface area contributed by atoms with Crippen LogP contribution in [-0.4, -0.2) is 25.2 Å². The molecule has 0 aliphatic carbocycles. The van der Waals surface area contributed by atoms with E-state index in [-0.39, 0.29) is 15.3 Å². The van der Waals surface area contributed by atoms with E-state index < -0.39 is 9.84 Å². The van der Waals surface area contributed by atoms with E-state index >= 15 is 0 Å². The first-order chi connectivity index (χ1) is 14.4. The molecule has 1 atom stereocenters. The minimum Gasteiger partial charge on any atom is -0.330 e. The molecule has 1 unspecified atom stereocenters. The Bertz CT molecular complexity index is 1310. The number of nitrogens with zero attached hydrogens (tertiary/aromatic N) is 1. The van der Waals surface area contributed by atoms with Crippen molar-refractivity contribution in [1.29, 1.82) is 0 Å². The van der Waals surface area contributed by atoms with Gasteiger partial charge in [0.2, 0.25) is 9.84 Å². The zero-order valence-corrected chi connectivity index (χ0v) is 18.2. The Morgan fingerprint density at radius 3 is 2.57 bits per heavy atom. The number of nitrogens with two attached hydrogens (primary N) is 1. The molecule has 30 heavy (non-hydrogen) atoms. The number of hydrogen-bond acceptors (Lipinski definition) is 4. The molecule has 0 saturated heterocycles. The van der Waals surface area contributed by atoms with Crippen molar-refractivity contribution in [2.45, 2.75) is 48.4 Å². The number of sulfone groups is 1. The molecule has 3 N–H and O–H groups in total. The summed E-state index contributed by atoms with van der Waals surface area (Å²) in [6, 6.07) is 18.8. The van der Waals surface area contributed by atoms with Crippen LogP contribution < -0.4 is 5.73 Å². The van der Waals surface area contributed by atoms with Gasteiger partial charge in [-0.2, -0.15) is 5.10 Å². The summed E-state index contributed by atoms with van der Waals surface area (Å²) in [6.07, 6.45) is 2.82. The van der Waals surface area contributed by atoms with Gasteiger partial charge in [-0.1, -0.05) is 56.3 Å². The van der Waals surface area contributed by atoms with Gasteiger partial charge in [0.05, 0.1) is 10.4 Å². The Labute approximate surface area is 177 Å². The normalized spacial score (nSPS) is 14.2. The van der Waals surface area contributed by atoms with E-state index in [0.29, 0.717) is 22.8 Å². The van der Waals surface area contributed by atoms with Crippen LogP contribution in [0.15, 0.2) is 70.6 Å². The quantitative estimate of drug-likeness (QED) is 0.442. The summed E-state index contributed by atoms with van der Waals surface area (Å²) in [5.74, 6) is 0. The lowest BCUT2D eigenvalue weighted by Gasteiger charge is -2.29. The molecule has 0 saturated carbocycles. The summed E-state index contributed by atoms with van der Waals surface area (Å²) in [6.45, 7) is 5.01. The standard InChI is InChI=1S/C24H27N3O2S/c1-3-24(2,14-7-15-25)18-12-13-21-20(16-18)23(27-26-21)30(28,29)22-11-6-9-17-8-4-5-10-19(17)22/h4-6,8-13,16H,3,7,14-15,25H2,1-2H3,(H,26,27). The van der Waals surface area contributed by atoms with Crippen molar-refractivity contribution < 1.29 is 8.42 Å².